The van der Waals surface area contributed by atoms with Crippen molar-refractivity contribution >= 4 is 26.8 Å². The number of hydrogen-bond donors (Lipinski definition) is 2. The number of nitrogens with one attached hydrogen (secondary N) is 2. The molecular weight excluding hydrogens is 430 g/mol. The average Bonchev–Trinajstić information content (AvgIpc) is 3.07. The van der Waals surface area contributed by atoms with Crippen LogP contribution in [0, 0.1) is 13.8 Å². The number of hydrogen-bond acceptors (Lipinski definition) is 5. The van der Waals surface area contributed by atoms with Gasteiger partial charge in [-0.2, -0.15) is 9.40 Å². The van der Waals surface area contributed by atoms with E-state index >= 15 is 0 Å². The summed E-state index contributed by atoms with van der Waals surface area (Å²) >= 11 is 0. The lowest BCUT2D eigenvalue weighted by Crippen LogP contribution is -2.30. The minimum absolute atomic E-state index is 0.0827. The Morgan fingerprint density at radius 3 is 2.50 bits per heavy atom. The topological polar surface area (TPSA) is 117 Å². The zero-order valence-corrected chi connectivity index (χ0v) is 19.6. The number of amides is 1. The molecular formula is C22H29N5O4S. The number of aryl methyl sites for hydroxylation is 3. The fourth-order valence-electron chi connectivity index (χ4n) is 3.72. The van der Waals surface area contributed by atoms with Crippen LogP contribution < -0.4 is 10.9 Å². The summed E-state index contributed by atoms with van der Waals surface area (Å²) in [5.74, 6) is -0.424. The summed E-state index contributed by atoms with van der Waals surface area (Å²) in [7, 11) is -3.70. The number of nitrogens with zero attached hydrogens (tertiary/aromatic N) is 3. The number of benzene rings is 1. The molecule has 0 saturated carbocycles. The summed E-state index contributed by atoms with van der Waals surface area (Å²) in [5, 5.41) is 7.60. The number of aromatic amines is 1. The second kappa shape index (κ2) is 9.66. The number of fused-ring (bicyclic) bond motifs is 1. The van der Waals surface area contributed by atoms with E-state index in [-0.39, 0.29) is 10.5 Å². The van der Waals surface area contributed by atoms with E-state index < -0.39 is 21.5 Å². The first-order valence-corrected chi connectivity index (χ1v) is 12.1. The SMILES string of the molecule is CCN(CC)S(=O)(=O)c1ccc2[nH]c(=O)cc(C(=O)NCCCn3nc(C)cc3C)c2c1. The van der Waals surface area contributed by atoms with Crippen LogP contribution in [-0.4, -0.2) is 53.0 Å². The van der Waals surface area contributed by atoms with Gasteiger partial charge in [-0.3, -0.25) is 14.3 Å². The molecule has 0 aliphatic rings. The van der Waals surface area contributed by atoms with Gasteiger partial charge in [-0.25, -0.2) is 8.42 Å². The molecule has 0 atom stereocenters. The number of carbonyl (C=O) groups excluding carboxylic acids is 1. The first-order valence-electron chi connectivity index (χ1n) is 10.6. The van der Waals surface area contributed by atoms with Crippen molar-refractivity contribution in [2.75, 3.05) is 19.6 Å². The standard InChI is InChI=1S/C22H29N5O4S/c1-5-26(6-2)32(30,31)17-8-9-20-18(13-17)19(14-21(28)24-20)22(29)23-10-7-11-27-16(4)12-15(3)25-27/h8-9,12-14H,5-7,10-11H2,1-4H3,(H,23,29)(H,24,28). The fraction of sp³-hybridized carbons (Fsp3) is 0.409. The molecule has 0 saturated heterocycles. The zero-order valence-electron chi connectivity index (χ0n) is 18.8. The minimum atomic E-state index is -3.70. The van der Waals surface area contributed by atoms with Gasteiger partial charge >= 0.3 is 0 Å². The number of pyridine rings is 1. The van der Waals surface area contributed by atoms with Crippen molar-refractivity contribution < 1.29 is 13.2 Å². The average molecular weight is 460 g/mol. The summed E-state index contributed by atoms with van der Waals surface area (Å²) in [6, 6.07) is 7.61. The van der Waals surface area contributed by atoms with E-state index in [1.165, 1.54) is 28.6 Å². The van der Waals surface area contributed by atoms with Gasteiger partial charge in [-0.15, -0.1) is 0 Å². The zero-order chi connectivity index (χ0) is 23.5. The lowest BCUT2D eigenvalue weighted by molar-refractivity contribution is 0.0954. The number of rotatable bonds is 9. The largest absolute Gasteiger partial charge is 0.352 e. The Hall–Kier alpha value is -2.98. The van der Waals surface area contributed by atoms with E-state index in [0.29, 0.717) is 43.5 Å². The van der Waals surface area contributed by atoms with Crippen LogP contribution in [0.5, 0.6) is 0 Å². The molecule has 0 unspecified atom stereocenters. The van der Waals surface area contributed by atoms with Crippen molar-refractivity contribution in [2.45, 2.75) is 45.6 Å². The Bertz CT molecular complexity index is 1290. The predicted molar refractivity (Wildman–Crippen MR) is 123 cm³/mol. The molecule has 3 rings (SSSR count). The molecule has 3 aromatic rings. The van der Waals surface area contributed by atoms with Crippen LogP contribution in [0.25, 0.3) is 10.9 Å². The van der Waals surface area contributed by atoms with Crippen LogP contribution in [0.4, 0.5) is 0 Å². The molecule has 32 heavy (non-hydrogen) atoms. The third kappa shape index (κ3) is 4.91. The number of aromatic nitrogens is 3. The molecule has 2 N–H and O–H groups in total. The predicted octanol–water partition coefficient (Wildman–Crippen LogP) is 2.19. The van der Waals surface area contributed by atoms with Crippen LogP contribution in [0.15, 0.2) is 40.0 Å². The first kappa shape index (κ1) is 23.7. The van der Waals surface area contributed by atoms with Gasteiger partial charge in [0.05, 0.1) is 16.2 Å². The molecule has 0 radical (unpaired) electrons. The van der Waals surface area contributed by atoms with Crippen LogP contribution in [-0.2, 0) is 16.6 Å². The smallest absolute Gasteiger partial charge is 0.252 e. The molecule has 0 fully saturated rings. The number of H-pyrrole nitrogens is 1. The second-order valence-electron chi connectivity index (χ2n) is 7.60. The Balaban J connectivity index is 1.84. The number of carbonyl (C=O) groups is 1. The monoisotopic (exact) mass is 459 g/mol. The molecule has 0 aliphatic heterocycles. The van der Waals surface area contributed by atoms with E-state index in [1.54, 1.807) is 13.8 Å². The second-order valence-corrected chi connectivity index (χ2v) is 9.54. The molecule has 1 aromatic carbocycles. The highest BCUT2D eigenvalue weighted by Gasteiger charge is 2.23. The van der Waals surface area contributed by atoms with E-state index in [1.807, 2.05) is 24.6 Å². The minimum Gasteiger partial charge on any atom is -0.352 e. The normalized spacial score (nSPS) is 11.9. The maximum absolute atomic E-state index is 12.9. The Labute approximate surface area is 187 Å². The van der Waals surface area contributed by atoms with Gasteiger partial charge < -0.3 is 10.3 Å². The van der Waals surface area contributed by atoms with Gasteiger partial charge in [-0.05, 0) is 44.5 Å². The summed E-state index contributed by atoms with van der Waals surface area (Å²) in [6.45, 7) is 9.17. The third-order valence-corrected chi connectivity index (χ3v) is 7.38. The molecule has 172 valence electrons. The van der Waals surface area contributed by atoms with Crippen molar-refractivity contribution in [3.05, 3.63) is 57.6 Å². The molecule has 0 spiro atoms. The summed E-state index contributed by atoms with van der Waals surface area (Å²) < 4.78 is 29.0. The Kier molecular flexibility index (Phi) is 7.15. The quantitative estimate of drug-likeness (QED) is 0.476. The molecule has 2 aromatic heterocycles. The first-order chi connectivity index (χ1) is 15.2. The van der Waals surface area contributed by atoms with Gasteiger partial charge in [0.2, 0.25) is 15.6 Å². The highest BCUT2D eigenvalue weighted by atomic mass is 32.2. The fourth-order valence-corrected chi connectivity index (χ4v) is 5.21. The lowest BCUT2D eigenvalue weighted by atomic mass is 10.1. The number of sulfonamides is 1. The summed E-state index contributed by atoms with van der Waals surface area (Å²) in [6.07, 6.45) is 0.663. The van der Waals surface area contributed by atoms with Crippen molar-refractivity contribution in [3.8, 4) is 0 Å². The van der Waals surface area contributed by atoms with Gasteiger partial charge in [0.15, 0.2) is 0 Å². The molecule has 0 aliphatic carbocycles. The molecule has 2 heterocycles. The summed E-state index contributed by atoms with van der Waals surface area (Å²) in [5.41, 5.74) is 2.12. The molecule has 9 nitrogen and oxygen atoms in total. The molecule has 1 amide bonds. The van der Waals surface area contributed by atoms with E-state index in [0.717, 1.165) is 11.4 Å². The maximum Gasteiger partial charge on any atom is 0.252 e. The van der Waals surface area contributed by atoms with Crippen molar-refractivity contribution in [2.24, 2.45) is 0 Å². The van der Waals surface area contributed by atoms with Crippen LogP contribution in [0.1, 0.15) is 42.0 Å². The Morgan fingerprint density at radius 2 is 1.88 bits per heavy atom. The van der Waals surface area contributed by atoms with Gasteiger partial charge in [0.25, 0.3) is 5.91 Å². The van der Waals surface area contributed by atoms with Crippen molar-refractivity contribution in [1.82, 2.24) is 24.4 Å². The van der Waals surface area contributed by atoms with Gasteiger partial charge in [0, 0.05) is 48.8 Å². The highest BCUT2D eigenvalue weighted by molar-refractivity contribution is 7.89. The Morgan fingerprint density at radius 1 is 1.16 bits per heavy atom. The van der Waals surface area contributed by atoms with Crippen LogP contribution >= 0.6 is 0 Å². The lowest BCUT2D eigenvalue weighted by Gasteiger charge is -2.19. The molecule has 0 bridgehead atoms. The highest BCUT2D eigenvalue weighted by Crippen LogP contribution is 2.22. The summed E-state index contributed by atoms with van der Waals surface area (Å²) in [4.78, 5) is 27.7. The van der Waals surface area contributed by atoms with Crippen LogP contribution in [0.2, 0.25) is 0 Å². The van der Waals surface area contributed by atoms with E-state index in [2.05, 4.69) is 15.4 Å². The van der Waals surface area contributed by atoms with E-state index in [4.69, 9.17) is 0 Å². The maximum atomic E-state index is 12.9. The molecule has 10 heteroatoms. The van der Waals surface area contributed by atoms with E-state index in [9.17, 15) is 18.0 Å². The van der Waals surface area contributed by atoms with Crippen molar-refractivity contribution in [3.63, 3.8) is 0 Å². The van der Waals surface area contributed by atoms with Crippen molar-refractivity contribution in [1.29, 1.82) is 0 Å². The van der Waals surface area contributed by atoms with Gasteiger partial charge in [-0.1, -0.05) is 13.8 Å². The van der Waals surface area contributed by atoms with Crippen LogP contribution in [0.3, 0.4) is 0 Å². The van der Waals surface area contributed by atoms with Gasteiger partial charge in [0.1, 0.15) is 0 Å². The third-order valence-electron chi connectivity index (χ3n) is 5.34.